The summed E-state index contributed by atoms with van der Waals surface area (Å²) < 4.78 is 4.48. The molecule has 5 heavy (non-hydrogen) atoms. The van der Waals surface area contributed by atoms with Crippen LogP contribution in [0.4, 0.5) is 0 Å². The van der Waals surface area contributed by atoms with Crippen LogP contribution >= 0.6 is 23.0 Å². The fourth-order valence-electron chi connectivity index (χ4n) is 0.0514. The Morgan fingerprint density at radius 3 is 2.40 bits per heavy atom. The van der Waals surface area contributed by atoms with Gasteiger partial charge in [-0.25, -0.2) is 0 Å². The molecular formula is CH3B2IO. The Labute approximate surface area is 46.9 Å². The number of rotatable bonds is 1. The molecule has 1 nitrogen and oxygen atoms in total. The third-order valence-electron chi connectivity index (χ3n) is 0.188. The van der Waals surface area contributed by atoms with E-state index in [4.69, 9.17) is 0 Å². The summed E-state index contributed by atoms with van der Waals surface area (Å²) in [5.41, 5.74) is 0. The van der Waals surface area contributed by atoms with Crippen molar-refractivity contribution >= 4 is 36.8 Å². The average molecular weight is 180 g/mol. The van der Waals surface area contributed by atoms with E-state index in [1.165, 1.54) is 0 Å². The zero-order chi connectivity index (χ0) is 4.12. The molecule has 0 aromatic rings. The Balaban J connectivity index is 2.62. The Morgan fingerprint density at radius 1 is 1.80 bits per heavy atom. The number of halogens is 1. The van der Waals surface area contributed by atoms with Crippen LogP contribution in [0.15, 0.2) is 0 Å². The molecule has 0 atom stereocenters. The van der Waals surface area contributed by atoms with E-state index < -0.39 is 0 Å². The van der Waals surface area contributed by atoms with Gasteiger partial charge in [-0.05, 0) is 0 Å². The minimum atomic E-state index is 1.61. The zero-order valence-electron chi connectivity index (χ0n) is 2.94. The van der Waals surface area contributed by atoms with Gasteiger partial charge in [0.05, 0.1) is 0 Å². The van der Waals surface area contributed by atoms with Gasteiger partial charge in [0.25, 0.3) is 0 Å². The summed E-state index contributed by atoms with van der Waals surface area (Å²) in [6, 6.07) is 0. The Bertz CT molecular complexity index is 36.6. The van der Waals surface area contributed by atoms with E-state index >= 15 is 0 Å². The van der Waals surface area contributed by atoms with Crippen LogP contribution < -0.4 is 0 Å². The van der Waals surface area contributed by atoms with Crippen molar-refractivity contribution in [1.82, 2.24) is 0 Å². The van der Waals surface area contributed by atoms with E-state index in [2.05, 4.69) is 2.98 Å². The second-order valence-electron chi connectivity index (χ2n) is 0.559. The first-order valence-corrected chi connectivity index (χ1v) is 2.18. The molecule has 0 saturated heterocycles. The first-order chi connectivity index (χ1) is 2.41. The normalized spacial score (nSPS) is 6.00. The second kappa shape index (κ2) is 4.66. The summed E-state index contributed by atoms with van der Waals surface area (Å²) in [6.07, 6.45) is 0. The molecule has 0 bridgehead atoms. The monoisotopic (exact) mass is 180 g/mol. The van der Waals surface area contributed by atoms with Crippen molar-refractivity contribution in [2.24, 2.45) is 0 Å². The van der Waals surface area contributed by atoms with Crippen LogP contribution in [0.1, 0.15) is 0 Å². The topological polar surface area (TPSA) is 9.23 Å². The van der Waals surface area contributed by atoms with Gasteiger partial charge >= 0.3 is 46.6 Å². The predicted octanol–water partition coefficient (Wildman–Crippen LogP) is 0.639. The Morgan fingerprint density at radius 2 is 2.40 bits per heavy atom. The van der Waals surface area contributed by atoms with Crippen molar-refractivity contribution in [2.45, 2.75) is 6.82 Å². The molecule has 0 aromatic heterocycles. The third-order valence-corrected chi connectivity index (χ3v) is 0.481. The quantitative estimate of drug-likeness (QED) is 0.424. The van der Waals surface area contributed by atoms with E-state index in [0.29, 0.717) is 0 Å². The SMILES string of the molecule is CB=BOI. The molecule has 0 heterocycles. The minimum absolute atomic E-state index is 1.61. The standard InChI is InChI=1S/CH3B2IO/c1-2-3-5-4/h1H3. The van der Waals surface area contributed by atoms with Gasteiger partial charge in [-0.3, -0.25) is 0 Å². The van der Waals surface area contributed by atoms with Gasteiger partial charge in [0.15, 0.2) is 0 Å². The first-order valence-electron chi connectivity index (χ1n) is 1.30. The van der Waals surface area contributed by atoms with Gasteiger partial charge in [-0.15, -0.1) is 0 Å². The van der Waals surface area contributed by atoms with E-state index in [-0.39, 0.29) is 0 Å². The van der Waals surface area contributed by atoms with Crippen LogP contribution in [0.2, 0.25) is 6.82 Å². The molecule has 0 aromatic carbocycles. The van der Waals surface area contributed by atoms with Crippen molar-refractivity contribution in [1.29, 1.82) is 0 Å². The summed E-state index contributed by atoms with van der Waals surface area (Å²) in [5.74, 6) is 0. The Kier molecular flexibility index (Phi) is 5.27. The van der Waals surface area contributed by atoms with E-state index in [1.807, 2.05) is 13.6 Å². The molecule has 0 rings (SSSR count). The van der Waals surface area contributed by atoms with Crippen LogP contribution in [0, 0.1) is 0 Å². The molecule has 0 unspecified atom stereocenters. The summed E-state index contributed by atoms with van der Waals surface area (Å²) in [7, 11) is 1.61. The van der Waals surface area contributed by atoms with Crippen LogP contribution in [0.5, 0.6) is 0 Å². The molecular weight excluding hydrogens is 177 g/mol. The van der Waals surface area contributed by atoms with Crippen molar-refractivity contribution in [3.05, 3.63) is 0 Å². The van der Waals surface area contributed by atoms with Crippen molar-refractivity contribution in [3.63, 3.8) is 0 Å². The molecule has 0 fully saturated rings. The van der Waals surface area contributed by atoms with Crippen LogP contribution in [-0.2, 0) is 2.98 Å². The number of hydrogen-bond donors (Lipinski definition) is 0. The van der Waals surface area contributed by atoms with Gasteiger partial charge in [-0.1, -0.05) is 0 Å². The van der Waals surface area contributed by atoms with Crippen LogP contribution in [-0.4, -0.2) is 13.8 Å². The second-order valence-corrected chi connectivity index (χ2v) is 1.07. The molecule has 0 amide bonds. The fraction of sp³-hybridized carbons (Fsp3) is 1.00. The van der Waals surface area contributed by atoms with Crippen LogP contribution in [0.3, 0.4) is 0 Å². The average Bonchev–Trinajstić information content (AvgIpc) is 1.41. The Hall–Kier alpha value is 0.660. The number of hydrogen-bond acceptors (Lipinski definition) is 1. The molecule has 0 aliphatic carbocycles. The summed E-state index contributed by atoms with van der Waals surface area (Å²) in [6.45, 7) is 3.73. The van der Waals surface area contributed by atoms with Crippen LogP contribution in [0.25, 0.3) is 0 Å². The van der Waals surface area contributed by atoms with Gasteiger partial charge in [0.2, 0.25) is 0 Å². The molecule has 0 aliphatic rings. The van der Waals surface area contributed by atoms with Crippen molar-refractivity contribution < 1.29 is 2.98 Å². The van der Waals surface area contributed by atoms with Crippen molar-refractivity contribution in [2.75, 3.05) is 0 Å². The molecule has 0 spiro atoms. The zero-order valence-corrected chi connectivity index (χ0v) is 5.10. The maximum atomic E-state index is 4.48. The van der Waals surface area contributed by atoms with Gasteiger partial charge in [-0.2, -0.15) is 0 Å². The summed E-state index contributed by atoms with van der Waals surface area (Å²) in [4.78, 5) is 0. The fourth-order valence-corrected chi connectivity index (χ4v) is 0.345. The summed E-state index contributed by atoms with van der Waals surface area (Å²) in [5, 5.41) is 0. The van der Waals surface area contributed by atoms with E-state index in [9.17, 15) is 0 Å². The maximum absolute atomic E-state index is 4.48. The molecule has 0 aliphatic heterocycles. The molecule has 0 radical (unpaired) electrons. The van der Waals surface area contributed by atoms with E-state index in [0.717, 1.165) is 0 Å². The van der Waals surface area contributed by atoms with Gasteiger partial charge in [0.1, 0.15) is 0 Å². The molecule has 4 heteroatoms. The predicted molar refractivity (Wildman–Crippen MR) is 32.5 cm³/mol. The summed E-state index contributed by atoms with van der Waals surface area (Å²) >= 11 is 1.80. The van der Waals surface area contributed by atoms with Crippen molar-refractivity contribution in [3.8, 4) is 0 Å². The molecule has 26 valence electrons. The third kappa shape index (κ3) is 4.66. The first kappa shape index (κ1) is 5.66. The molecule has 0 N–H and O–H groups in total. The van der Waals surface area contributed by atoms with Gasteiger partial charge in [0, 0.05) is 0 Å². The van der Waals surface area contributed by atoms with E-state index in [1.54, 1.807) is 30.0 Å². The van der Waals surface area contributed by atoms with Gasteiger partial charge < -0.3 is 0 Å². The molecule has 0 saturated carbocycles.